The minimum Gasteiger partial charge on any atom is -0.207 e. The molecule has 0 bridgehead atoms. The summed E-state index contributed by atoms with van der Waals surface area (Å²) in [6.45, 7) is 25.0. The molecule has 414 valence electrons. The van der Waals surface area contributed by atoms with E-state index >= 15 is 0 Å². The van der Waals surface area contributed by atoms with Gasteiger partial charge in [0.25, 0.3) is 0 Å². The Hall–Kier alpha value is -5.03. The molecule has 0 amide bonds. The van der Waals surface area contributed by atoms with Crippen molar-refractivity contribution in [3.05, 3.63) is 208 Å². The van der Waals surface area contributed by atoms with Gasteiger partial charge in [0.15, 0.2) is 0 Å². The van der Waals surface area contributed by atoms with Crippen molar-refractivity contribution in [3.8, 4) is 0 Å². The summed E-state index contributed by atoms with van der Waals surface area (Å²) in [5.74, 6) is 3.65. The lowest BCUT2D eigenvalue weighted by Crippen LogP contribution is -2.14. The second-order valence-corrected chi connectivity index (χ2v) is 25.2. The van der Waals surface area contributed by atoms with E-state index in [0.29, 0.717) is 11.8 Å². The average Bonchev–Trinajstić information content (AvgIpc) is 3.40. The van der Waals surface area contributed by atoms with Crippen LogP contribution in [0.3, 0.4) is 0 Å². The summed E-state index contributed by atoms with van der Waals surface area (Å²) in [5.41, 5.74) is 20.5. The van der Waals surface area contributed by atoms with E-state index in [1.54, 1.807) is 34.4 Å². The first kappa shape index (κ1) is 59.6. The van der Waals surface area contributed by atoms with E-state index in [2.05, 4.69) is 104 Å². The van der Waals surface area contributed by atoms with Gasteiger partial charge in [0.1, 0.15) is 29.1 Å². The van der Waals surface area contributed by atoms with Gasteiger partial charge in [-0.3, -0.25) is 0 Å². The van der Waals surface area contributed by atoms with Crippen LogP contribution < -0.4 is 0 Å². The first-order valence-electron chi connectivity index (χ1n) is 29.6. The molecule has 6 aliphatic carbocycles. The average molecular weight is 1050 g/mol. The number of benzene rings is 6. The molecule has 0 N–H and O–H groups in total. The lowest BCUT2D eigenvalue weighted by Gasteiger charge is -2.22. The first-order chi connectivity index (χ1) is 36.6. The van der Waals surface area contributed by atoms with E-state index in [-0.39, 0.29) is 28.8 Å². The summed E-state index contributed by atoms with van der Waals surface area (Å²) < 4.78 is 67.2. The maximum absolute atomic E-state index is 13.6. The molecule has 0 heterocycles. The third-order valence-corrected chi connectivity index (χ3v) is 17.6. The van der Waals surface area contributed by atoms with Crippen molar-refractivity contribution in [2.24, 2.45) is 35.5 Å². The predicted octanol–water partition coefficient (Wildman–Crippen LogP) is 19.4. The normalized spacial score (nSPS) is 21.4. The summed E-state index contributed by atoms with van der Waals surface area (Å²) in [6.07, 6.45) is 20.2. The van der Waals surface area contributed by atoms with Crippen molar-refractivity contribution in [2.45, 2.75) is 199 Å². The van der Waals surface area contributed by atoms with Crippen molar-refractivity contribution in [2.75, 3.05) is 0 Å². The molecule has 0 radical (unpaired) electrons. The third-order valence-electron chi connectivity index (χ3n) is 17.6. The molecule has 0 aliphatic heterocycles. The van der Waals surface area contributed by atoms with Gasteiger partial charge in [-0.15, -0.1) is 0 Å². The quantitative estimate of drug-likeness (QED) is 0.133. The molecule has 6 aliphatic rings. The van der Waals surface area contributed by atoms with Crippen LogP contribution in [0.25, 0.3) is 0 Å². The number of hydrogen-bond donors (Lipinski definition) is 0. The largest absolute Gasteiger partial charge is 0.207 e. The molecule has 6 aromatic rings. The summed E-state index contributed by atoms with van der Waals surface area (Å²) in [7, 11) is 0. The molecule has 0 nitrogen and oxygen atoms in total. The Kier molecular flexibility index (Phi) is 21.1. The van der Waals surface area contributed by atoms with Crippen LogP contribution in [0.4, 0.5) is 22.0 Å². The third kappa shape index (κ3) is 16.3. The van der Waals surface area contributed by atoms with Crippen LogP contribution in [-0.2, 0) is 77.0 Å². The van der Waals surface area contributed by atoms with Gasteiger partial charge < -0.3 is 0 Å². The molecule has 0 saturated heterocycles. The van der Waals surface area contributed by atoms with Crippen molar-refractivity contribution in [1.82, 2.24) is 0 Å². The van der Waals surface area contributed by atoms with Gasteiger partial charge in [-0.2, -0.15) is 0 Å². The van der Waals surface area contributed by atoms with E-state index in [4.69, 9.17) is 0 Å². The van der Waals surface area contributed by atoms with E-state index < -0.39 is 5.82 Å². The zero-order valence-corrected chi connectivity index (χ0v) is 49.1. The molecular formula is C72H91F5. The Balaban J connectivity index is 0.000000134. The maximum Gasteiger partial charge on any atom is 0.132 e. The van der Waals surface area contributed by atoms with E-state index in [1.165, 1.54) is 97.7 Å². The van der Waals surface area contributed by atoms with Gasteiger partial charge >= 0.3 is 0 Å². The Morgan fingerprint density at radius 1 is 0.286 bits per heavy atom. The number of hydrogen-bond acceptors (Lipinski definition) is 0. The highest BCUT2D eigenvalue weighted by atomic mass is 19.1. The number of aryl methyl sites for hydroxylation is 9. The lowest BCUT2D eigenvalue weighted by molar-refractivity contribution is 0.471. The van der Waals surface area contributed by atoms with Crippen molar-refractivity contribution >= 4 is 0 Å². The number of halogens is 5. The molecule has 0 saturated carbocycles. The minimum atomic E-state index is -0.407. The second kappa shape index (κ2) is 27.2. The minimum absolute atomic E-state index is 0.00144. The Morgan fingerprint density at radius 3 is 1.23 bits per heavy atom. The number of rotatable bonds is 0. The van der Waals surface area contributed by atoms with E-state index in [9.17, 15) is 22.0 Å². The zero-order chi connectivity index (χ0) is 55.7. The van der Waals surface area contributed by atoms with Gasteiger partial charge in [-0.1, -0.05) is 113 Å². The van der Waals surface area contributed by atoms with Gasteiger partial charge in [-0.05, 0) is 294 Å². The van der Waals surface area contributed by atoms with Crippen LogP contribution in [-0.4, -0.2) is 0 Å². The van der Waals surface area contributed by atoms with Gasteiger partial charge in [-0.25, -0.2) is 22.0 Å². The highest BCUT2D eigenvalue weighted by molar-refractivity contribution is 5.39. The standard InChI is InChI=1S/C12H14F2.3C12H15F.2C12H16/c1-7-3-4-10-9(5-7)6-11(13)8(2)12(10)14;1-8-3-6-11-10(7-8)5-4-9(2)12(11)13;1-8-3-4-10-5-9(2)7-12(13)11(10)6-8;1-8-3-4-10-6-9(2)12(13)7-11(10)5-8;2*1-9-3-5-12-8-10(2)4-6-11(12)7-9/h6-7H,3-5H2,1-2H3;4-5,8H,3,6-7H2,1-2H3;5,7-8H,3-4,6H2,1-2H3;6-8H,3-5H2,1-2H3;2*3,5,7,10H,4,6,8H2,1-2H3. The number of fused-ring (bicyclic) bond motifs is 6. The highest BCUT2D eigenvalue weighted by Crippen LogP contribution is 2.33. The van der Waals surface area contributed by atoms with Crippen molar-refractivity contribution in [3.63, 3.8) is 0 Å². The predicted molar refractivity (Wildman–Crippen MR) is 314 cm³/mol. The Bertz CT molecular complexity index is 2890. The molecule has 0 fully saturated rings. The summed E-state index contributed by atoms with van der Waals surface area (Å²) in [5, 5.41) is 0. The van der Waals surface area contributed by atoms with Crippen LogP contribution in [0.15, 0.2) is 78.9 Å². The van der Waals surface area contributed by atoms with Gasteiger partial charge in [0.05, 0.1) is 0 Å². The Labute approximate surface area is 462 Å². The molecule has 12 rings (SSSR count). The molecule has 5 heteroatoms. The monoisotopic (exact) mass is 1050 g/mol. The molecular weight excluding hydrogens is 960 g/mol. The fourth-order valence-corrected chi connectivity index (χ4v) is 12.6. The Morgan fingerprint density at radius 2 is 0.688 bits per heavy atom. The van der Waals surface area contributed by atoms with Crippen molar-refractivity contribution < 1.29 is 22.0 Å². The van der Waals surface area contributed by atoms with Crippen LogP contribution in [0, 0.1) is 106 Å². The van der Waals surface area contributed by atoms with E-state index in [0.717, 1.165) is 127 Å². The van der Waals surface area contributed by atoms with Crippen molar-refractivity contribution in [1.29, 1.82) is 0 Å². The van der Waals surface area contributed by atoms with Crippen LogP contribution in [0.5, 0.6) is 0 Å². The van der Waals surface area contributed by atoms with Gasteiger partial charge in [0.2, 0.25) is 0 Å². The molecule has 77 heavy (non-hydrogen) atoms. The second-order valence-electron chi connectivity index (χ2n) is 25.2. The van der Waals surface area contributed by atoms with Crippen LogP contribution in [0.1, 0.15) is 180 Å². The fraction of sp³-hybridized carbons (Fsp3) is 0.500. The molecule has 6 atom stereocenters. The summed E-state index contributed by atoms with van der Waals surface area (Å²) in [4.78, 5) is 0. The molecule has 6 aromatic carbocycles. The smallest absolute Gasteiger partial charge is 0.132 e. The van der Waals surface area contributed by atoms with Crippen LogP contribution in [0.2, 0.25) is 0 Å². The first-order valence-corrected chi connectivity index (χ1v) is 29.6. The summed E-state index contributed by atoms with van der Waals surface area (Å²) in [6, 6.07) is 26.8. The topological polar surface area (TPSA) is 0 Å². The zero-order valence-electron chi connectivity index (χ0n) is 49.1. The molecule has 0 spiro atoms. The summed E-state index contributed by atoms with van der Waals surface area (Å²) >= 11 is 0. The highest BCUT2D eigenvalue weighted by Gasteiger charge is 2.23. The SMILES string of the molecule is Cc1c(F)cc2c(c1F)CCC(C)C2.Cc1cc(F)c2c(c1)CCC(C)C2.Cc1cc2c(cc1F)CC(C)CC2.Cc1ccc2c(c1)CCC(C)C2.Cc1ccc2c(c1)CCC(C)C2.Cc1ccc2c(c1F)CCC(C)C2. The molecule has 6 unspecified atom stereocenters. The van der Waals surface area contributed by atoms with Gasteiger partial charge in [0, 0.05) is 5.56 Å². The van der Waals surface area contributed by atoms with Crippen LogP contribution >= 0.6 is 0 Å². The fourth-order valence-electron chi connectivity index (χ4n) is 12.6. The molecule has 0 aromatic heterocycles. The maximum atomic E-state index is 13.6. The van der Waals surface area contributed by atoms with E-state index in [1.807, 2.05) is 32.9 Å². The lowest BCUT2D eigenvalue weighted by atomic mass is 9.84.